The summed E-state index contributed by atoms with van der Waals surface area (Å²) in [5.41, 5.74) is 1.93. The zero-order valence-corrected chi connectivity index (χ0v) is 11.9. The predicted molar refractivity (Wildman–Crippen MR) is 78.4 cm³/mol. The number of ether oxygens (including phenoxy) is 2. The Hall–Kier alpha value is -2.30. The Morgan fingerprint density at radius 2 is 2.10 bits per heavy atom. The molecular weight excluding hydrogens is 256 g/mol. The lowest BCUT2D eigenvalue weighted by Gasteiger charge is -2.12. The van der Waals surface area contributed by atoms with Crippen LogP contribution in [0.2, 0.25) is 0 Å². The van der Waals surface area contributed by atoms with Gasteiger partial charge in [-0.1, -0.05) is 0 Å². The monoisotopic (exact) mass is 274 g/mol. The van der Waals surface area contributed by atoms with E-state index >= 15 is 0 Å². The molecule has 0 radical (unpaired) electrons. The van der Waals surface area contributed by atoms with Crippen LogP contribution < -0.4 is 10.1 Å². The lowest BCUT2D eigenvalue weighted by Crippen LogP contribution is -2.09. The molecule has 0 bridgehead atoms. The van der Waals surface area contributed by atoms with E-state index in [4.69, 9.17) is 9.47 Å². The third-order valence-electron chi connectivity index (χ3n) is 2.90. The van der Waals surface area contributed by atoms with Crippen LogP contribution in [0, 0.1) is 0 Å². The van der Waals surface area contributed by atoms with E-state index in [0.717, 1.165) is 16.7 Å². The Kier molecular flexibility index (Phi) is 4.40. The van der Waals surface area contributed by atoms with Crippen LogP contribution in [0.15, 0.2) is 24.4 Å². The quantitative estimate of drug-likeness (QED) is 0.849. The molecule has 0 unspecified atom stereocenters. The molecule has 0 fully saturated rings. The molecule has 106 valence electrons. The number of fused-ring (bicyclic) bond motifs is 1. The molecule has 0 saturated heterocycles. The number of esters is 1. The van der Waals surface area contributed by atoms with Gasteiger partial charge in [-0.2, -0.15) is 0 Å². The number of hydrogen-bond acceptors (Lipinski definition) is 5. The first-order valence-corrected chi connectivity index (χ1v) is 6.61. The highest BCUT2D eigenvalue weighted by Gasteiger charge is 2.16. The number of hydrogen-bond donors (Lipinski definition) is 1. The first-order valence-electron chi connectivity index (χ1n) is 6.61. The molecule has 2 aromatic rings. The number of anilines is 1. The SMILES string of the molecule is CCOC(=O)c1cnc2ccc(OCC)cc2c1NC. The van der Waals surface area contributed by atoms with Crippen molar-refractivity contribution in [1.29, 1.82) is 0 Å². The van der Waals surface area contributed by atoms with Crippen molar-refractivity contribution in [2.24, 2.45) is 0 Å². The molecule has 1 aromatic heterocycles. The number of carbonyl (C=O) groups excluding carboxylic acids is 1. The van der Waals surface area contributed by atoms with Crippen molar-refractivity contribution in [3.05, 3.63) is 30.0 Å². The standard InChI is InChI=1S/C15H18N2O3/c1-4-19-10-6-7-13-11(8-10)14(16-3)12(9-17-13)15(18)20-5-2/h6-9H,4-5H2,1-3H3,(H,16,17). The maximum atomic E-state index is 11.9. The largest absolute Gasteiger partial charge is 0.494 e. The third-order valence-corrected chi connectivity index (χ3v) is 2.90. The van der Waals surface area contributed by atoms with E-state index in [1.165, 1.54) is 6.20 Å². The summed E-state index contributed by atoms with van der Waals surface area (Å²) in [4.78, 5) is 16.2. The maximum absolute atomic E-state index is 11.9. The summed E-state index contributed by atoms with van der Waals surface area (Å²) in [5.74, 6) is 0.368. The second-order valence-corrected chi connectivity index (χ2v) is 4.13. The molecule has 0 aliphatic rings. The van der Waals surface area contributed by atoms with Gasteiger partial charge >= 0.3 is 5.97 Å². The fourth-order valence-corrected chi connectivity index (χ4v) is 2.06. The van der Waals surface area contributed by atoms with E-state index in [9.17, 15) is 4.79 Å². The van der Waals surface area contributed by atoms with Crippen LogP contribution in [0.5, 0.6) is 5.75 Å². The molecular formula is C15H18N2O3. The van der Waals surface area contributed by atoms with Crippen molar-refractivity contribution in [2.45, 2.75) is 13.8 Å². The van der Waals surface area contributed by atoms with Crippen molar-refractivity contribution < 1.29 is 14.3 Å². The fourth-order valence-electron chi connectivity index (χ4n) is 2.06. The second-order valence-electron chi connectivity index (χ2n) is 4.13. The van der Waals surface area contributed by atoms with Crippen molar-refractivity contribution in [3.8, 4) is 5.75 Å². The van der Waals surface area contributed by atoms with Crippen LogP contribution in [0.4, 0.5) is 5.69 Å². The van der Waals surface area contributed by atoms with E-state index in [1.807, 2.05) is 25.1 Å². The Bertz CT molecular complexity index is 626. The highest BCUT2D eigenvalue weighted by atomic mass is 16.5. The summed E-state index contributed by atoms with van der Waals surface area (Å²) < 4.78 is 10.5. The van der Waals surface area contributed by atoms with E-state index in [2.05, 4.69) is 10.3 Å². The normalized spacial score (nSPS) is 10.3. The summed E-state index contributed by atoms with van der Waals surface area (Å²) in [6.07, 6.45) is 1.53. The molecule has 1 N–H and O–H groups in total. The summed E-state index contributed by atoms with van der Waals surface area (Å²) in [5, 5.41) is 3.89. The van der Waals surface area contributed by atoms with Crippen LogP contribution in [-0.4, -0.2) is 31.2 Å². The zero-order chi connectivity index (χ0) is 14.5. The molecule has 0 atom stereocenters. The van der Waals surface area contributed by atoms with E-state index in [0.29, 0.717) is 24.5 Å². The van der Waals surface area contributed by atoms with Crippen LogP contribution in [0.1, 0.15) is 24.2 Å². The molecule has 0 aliphatic heterocycles. The summed E-state index contributed by atoms with van der Waals surface area (Å²) >= 11 is 0. The third kappa shape index (κ3) is 2.66. The van der Waals surface area contributed by atoms with Gasteiger partial charge in [-0.15, -0.1) is 0 Å². The molecule has 1 aromatic carbocycles. The van der Waals surface area contributed by atoms with Gasteiger partial charge < -0.3 is 14.8 Å². The molecule has 0 spiro atoms. The van der Waals surface area contributed by atoms with Crippen LogP contribution in [0.3, 0.4) is 0 Å². The molecule has 0 saturated carbocycles. The topological polar surface area (TPSA) is 60.5 Å². The Morgan fingerprint density at radius 1 is 1.30 bits per heavy atom. The lowest BCUT2D eigenvalue weighted by molar-refractivity contribution is 0.0527. The van der Waals surface area contributed by atoms with Crippen LogP contribution in [0.25, 0.3) is 10.9 Å². The van der Waals surface area contributed by atoms with E-state index in [1.54, 1.807) is 14.0 Å². The van der Waals surface area contributed by atoms with Gasteiger partial charge in [0.1, 0.15) is 11.3 Å². The number of benzene rings is 1. The number of pyridine rings is 1. The Morgan fingerprint density at radius 3 is 2.75 bits per heavy atom. The maximum Gasteiger partial charge on any atom is 0.341 e. The first kappa shape index (κ1) is 14.1. The number of nitrogens with one attached hydrogen (secondary N) is 1. The molecule has 0 amide bonds. The van der Waals surface area contributed by atoms with Gasteiger partial charge in [0.15, 0.2) is 0 Å². The van der Waals surface area contributed by atoms with Gasteiger partial charge in [-0.05, 0) is 32.0 Å². The molecule has 5 nitrogen and oxygen atoms in total. The predicted octanol–water partition coefficient (Wildman–Crippen LogP) is 2.85. The van der Waals surface area contributed by atoms with Gasteiger partial charge in [0, 0.05) is 18.6 Å². The van der Waals surface area contributed by atoms with Crippen molar-refractivity contribution in [1.82, 2.24) is 4.98 Å². The summed E-state index contributed by atoms with van der Waals surface area (Å²) in [7, 11) is 1.77. The van der Waals surface area contributed by atoms with E-state index in [-0.39, 0.29) is 5.97 Å². The van der Waals surface area contributed by atoms with E-state index < -0.39 is 0 Å². The molecule has 1 heterocycles. The smallest absolute Gasteiger partial charge is 0.341 e. The average Bonchev–Trinajstić information content (AvgIpc) is 2.46. The Balaban J connectivity index is 2.58. The minimum absolute atomic E-state index is 0.332. The van der Waals surface area contributed by atoms with Crippen molar-refractivity contribution in [3.63, 3.8) is 0 Å². The average molecular weight is 274 g/mol. The fraction of sp³-hybridized carbons (Fsp3) is 0.333. The molecule has 2 rings (SSSR count). The van der Waals surface area contributed by atoms with Gasteiger partial charge in [0.2, 0.25) is 0 Å². The van der Waals surface area contributed by atoms with Crippen LogP contribution in [-0.2, 0) is 4.74 Å². The molecule has 5 heteroatoms. The number of carbonyl (C=O) groups is 1. The minimum Gasteiger partial charge on any atom is -0.494 e. The molecule has 0 aliphatic carbocycles. The first-order chi connectivity index (χ1) is 9.71. The highest BCUT2D eigenvalue weighted by molar-refractivity contribution is 6.05. The van der Waals surface area contributed by atoms with Gasteiger partial charge in [-0.25, -0.2) is 4.79 Å². The number of aromatic nitrogens is 1. The Labute approximate surface area is 117 Å². The van der Waals surface area contributed by atoms with Crippen molar-refractivity contribution in [2.75, 3.05) is 25.6 Å². The van der Waals surface area contributed by atoms with Gasteiger partial charge in [-0.3, -0.25) is 4.98 Å². The second kappa shape index (κ2) is 6.23. The minimum atomic E-state index is -0.381. The number of nitrogens with zero attached hydrogens (tertiary/aromatic N) is 1. The van der Waals surface area contributed by atoms with Crippen molar-refractivity contribution >= 4 is 22.6 Å². The van der Waals surface area contributed by atoms with Gasteiger partial charge in [0.05, 0.1) is 24.4 Å². The number of rotatable bonds is 5. The van der Waals surface area contributed by atoms with Crippen LogP contribution >= 0.6 is 0 Å². The highest BCUT2D eigenvalue weighted by Crippen LogP contribution is 2.29. The van der Waals surface area contributed by atoms with Gasteiger partial charge in [0.25, 0.3) is 0 Å². The lowest BCUT2D eigenvalue weighted by atomic mass is 10.1. The summed E-state index contributed by atoms with van der Waals surface area (Å²) in [6, 6.07) is 5.61. The summed E-state index contributed by atoms with van der Waals surface area (Å²) in [6.45, 7) is 4.62. The molecule has 20 heavy (non-hydrogen) atoms. The zero-order valence-electron chi connectivity index (χ0n) is 11.9.